The van der Waals surface area contributed by atoms with E-state index >= 15 is 0 Å². The van der Waals surface area contributed by atoms with Gasteiger partial charge in [0.2, 0.25) is 5.91 Å². The first-order valence-electron chi connectivity index (χ1n) is 8.43. The van der Waals surface area contributed by atoms with Gasteiger partial charge >= 0.3 is 0 Å². The molecule has 1 aromatic heterocycles. The Bertz CT molecular complexity index is 543. The van der Waals surface area contributed by atoms with E-state index in [0.717, 1.165) is 64.2 Å². The molecular formula is C17H26N4O. The number of hydrogen-bond donors (Lipinski definition) is 0. The monoisotopic (exact) mass is 302 g/mol. The van der Waals surface area contributed by atoms with E-state index in [-0.39, 0.29) is 5.91 Å². The highest BCUT2D eigenvalue weighted by Crippen LogP contribution is 2.16. The van der Waals surface area contributed by atoms with Crippen LogP contribution in [0.1, 0.15) is 37.6 Å². The molecule has 0 aliphatic carbocycles. The SMILES string of the molecule is CC=CCN1CCn2nc(CCC(=O)N3CCCC3)cc2C1. The minimum absolute atomic E-state index is 0.290. The number of rotatable bonds is 5. The Kier molecular flexibility index (Phi) is 4.93. The van der Waals surface area contributed by atoms with Gasteiger partial charge in [-0.1, -0.05) is 12.2 Å². The second kappa shape index (κ2) is 7.09. The zero-order chi connectivity index (χ0) is 15.4. The molecule has 0 spiro atoms. The topological polar surface area (TPSA) is 41.4 Å². The first-order chi connectivity index (χ1) is 10.8. The van der Waals surface area contributed by atoms with Crippen LogP contribution in [0.5, 0.6) is 0 Å². The first kappa shape index (κ1) is 15.3. The van der Waals surface area contributed by atoms with Crippen LogP contribution in [0.25, 0.3) is 0 Å². The van der Waals surface area contributed by atoms with Gasteiger partial charge < -0.3 is 4.90 Å². The molecule has 2 aliphatic rings. The Labute approximate surface area is 132 Å². The summed E-state index contributed by atoms with van der Waals surface area (Å²) in [6.45, 7) is 7.90. The summed E-state index contributed by atoms with van der Waals surface area (Å²) >= 11 is 0. The van der Waals surface area contributed by atoms with E-state index in [1.54, 1.807) is 0 Å². The molecule has 1 amide bonds. The summed E-state index contributed by atoms with van der Waals surface area (Å²) in [6, 6.07) is 2.18. The standard InChI is InChI=1S/C17H26N4O/c1-2-3-8-19-11-12-21-16(14-19)13-15(18-21)6-7-17(22)20-9-4-5-10-20/h2-3,13H,4-12,14H2,1H3. The lowest BCUT2D eigenvalue weighted by Crippen LogP contribution is -2.33. The van der Waals surface area contributed by atoms with Gasteiger partial charge in [0.05, 0.1) is 17.9 Å². The second-order valence-corrected chi connectivity index (χ2v) is 6.24. The summed E-state index contributed by atoms with van der Waals surface area (Å²) in [5, 5.41) is 4.67. The average molecular weight is 302 g/mol. The molecule has 1 fully saturated rings. The number of carbonyl (C=O) groups is 1. The summed E-state index contributed by atoms with van der Waals surface area (Å²) in [6.07, 6.45) is 7.98. The van der Waals surface area contributed by atoms with Crippen LogP contribution in [0.2, 0.25) is 0 Å². The molecule has 0 saturated carbocycles. The second-order valence-electron chi connectivity index (χ2n) is 6.24. The molecule has 3 heterocycles. The fourth-order valence-corrected chi connectivity index (χ4v) is 3.27. The van der Waals surface area contributed by atoms with Crippen molar-refractivity contribution < 1.29 is 4.79 Å². The smallest absolute Gasteiger partial charge is 0.222 e. The zero-order valence-electron chi connectivity index (χ0n) is 13.5. The lowest BCUT2D eigenvalue weighted by molar-refractivity contribution is -0.130. The van der Waals surface area contributed by atoms with E-state index < -0.39 is 0 Å². The molecule has 0 unspecified atom stereocenters. The Balaban J connectivity index is 1.53. The third kappa shape index (κ3) is 3.58. The van der Waals surface area contributed by atoms with Gasteiger partial charge in [0.15, 0.2) is 0 Å². The van der Waals surface area contributed by atoms with E-state index in [2.05, 4.69) is 39.8 Å². The molecule has 22 heavy (non-hydrogen) atoms. The summed E-state index contributed by atoms with van der Waals surface area (Å²) in [5.41, 5.74) is 2.34. The van der Waals surface area contributed by atoms with Gasteiger partial charge in [-0.3, -0.25) is 14.4 Å². The highest BCUT2D eigenvalue weighted by Gasteiger charge is 2.20. The number of carbonyl (C=O) groups excluding carboxylic acids is 1. The molecule has 0 N–H and O–H groups in total. The van der Waals surface area contributed by atoms with E-state index in [9.17, 15) is 4.79 Å². The molecule has 5 nitrogen and oxygen atoms in total. The van der Waals surface area contributed by atoms with Crippen molar-refractivity contribution in [3.8, 4) is 0 Å². The van der Waals surface area contributed by atoms with Gasteiger partial charge in [-0.15, -0.1) is 0 Å². The highest BCUT2D eigenvalue weighted by molar-refractivity contribution is 5.76. The van der Waals surface area contributed by atoms with Crippen LogP contribution in [0, 0.1) is 0 Å². The Morgan fingerprint density at radius 1 is 1.27 bits per heavy atom. The van der Waals surface area contributed by atoms with Gasteiger partial charge in [-0.05, 0) is 25.8 Å². The molecule has 120 valence electrons. The number of nitrogens with zero attached hydrogens (tertiary/aromatic N) is 4. The maximum absolute atomic E-state index is 12.1. The summed E-state index contributed by atoms with van der Waals surface area (Å²) in [4.78, 5) is 16.5. The quantitative estimate of drug-likeness (QED) is 0.779. The highest BCUT2D eigenvalue weighted by atomic mass is 16.2. The van der Waals surface area contributed by atoms with Gasteiger partial charge in [0.1, 0.15) is 0 Å². The molecule has 0 bridgehead atoms. The predicted octanol–water partition coefficient (Wildman–Crippen LogP) is 1.83. The van der Waals surface area contributed by atoms with E-state index in [0.29, 0.717) is 6.42 Å². The summed E-state index contributed by atoms with van der Waals surface area (Å²) in [5.74, 6) is 0.290. The van der Waals surface area contributed by atoms with Crippen molar-refractivity contribution in [2.75, 3.05) is 26.2 Å². The van der Waals surface area contributed by atoms with Crippen molar-refractivity contribution in [1.82, 2.24) is 19.6 Å². The zero-order valence-corrected chi connectivity index (χ0v) is 13.5. The minimum atomic E-state index is 0.290. The third-order valence-electron chi connectivity index (χ3n) is 4.58. The van der Waals surface area contributed by atoms with Gasteiger partial charge in [0.25, 0.3) is 0 Å². The molecule has 0 aromatic carbocycles. The summed E-state index contributed by atoms with van der Waals surface area (Å²) in [7, 11) is 0. The van der Waals surface area contributed by atoms with Crippen LogP contribution in [-0.2, 0) is 24.3 Å². The van der Waals surface area contributed by atoms with Crippen LogP contribution in [0.3, 0.4) is 0 Å². The van der Waals surface area contributed by atoms with Crippen molar-refractivity contribution in [3.63, 3.8) is 0 Å². The number of likely N-dealkylation sites (tertiary alicyclic amines) is 1. The van der Waals surface area contributed by atoms with Crippen LogP contribution >= 0.6 is 0 Å². The van der Waals surface area contributed by atoms with E-state index in [4.69, 9.17) is 0 Å². The number of fused-ring (bicyclic) bond motifs is 1. The lowest BCUT2D eigenvalue weighted by Gasteiger charge is -2.26. The van der Waals surface area contributed by atoms with Crippen molar-refractivity contribution in [1.29, 1.82) is 0 Å². The maximum Gasteiger partial charge on any atom is 0.222 e. The Hall–Kier alpha value is -1.62. The normalized spacial score (nSPS) is 19.0. The Morgan fingerprint density at radius 3 is 2.86 bits per heavy atom. The van der Waals surface area contributed by atoms with Crippen molar-refractivity contribution in [2.24, 2.45) is 0 Å². The largest absolute Gasteiger partial charge is 0.343 e. The number of aromatic nitrogens is 2. The molecule has 3 rings (SSSR count). The first-order valence-corrected chi connectivity index (χ1v) is 8.43. The Morgan fingerprint density at radius 2 is 2.09 bits per heavy atom. The predicted molar refractivity (Wildman–Crippen MR) is 86.5 cm³/mol. The van der Waals surface area contributed by atoms with Crippen molar-refractivity contribution in [3.05, 3.63) is 29.6 Å². The van der Waals surface area contributed by atoms with Crippen LogP contribution in [0.4, 0.5) is 0 Å². The van der Waals surface area contributed by atoms with E-state index in [1.807, 2.05) is 4.90 Å². The van der Waals surface area contributed by atoms with Crippen molar-refractivity contribution in [2.45, 2.75) is 45.7 Å². The van der Waals surface area contributed by atoms with Gasteiger partial charge in [-0.2, -0.15) is 5.10 Å². The molecule has 0 radical (unpaired) electrons. The number of amides is 1. The maximum atomic E-state index is 12.1. The molecular weight excluding hydrogens is 276 g/mol. The van der Waals surface area contributed by atoms with Gasteiger partial charge in [0, 0.05) is 45.6 Å². The third-order valence-corrected chi connectivity index (χ3v) is 4.58. The number of allylic oxidation sites excluding steroid dienone is 1. The van der Waals surface area contributed by atoms with Crippen LogP contribution in [0.15, 0.2) is 18.2 Å². The van der Waals surface area contributed by atoms with Crippen molar-refractivity contribution >= 4 is 5.91 Å². The van der Waals surface area contributed by atoms with Crippen LogP contribution in [-0.4, -0.2) is 51.7 Å². The number of aryl methyl sites for hydroxylation is 1. The summed E-state index contributed by atoms with van der Waals surface area (Å²) < 4.78 is 2.11. The van der Waals surface area contributed by atoms with Gasteiger partial charge in [-0.25, -0.2) is 0 Å². The molecule has 5 heteroatoms. The fourth-order valence-electron chi connectivity index (χ4n) is 3.27. The van der Waals surface area contributed by atoms with E-state index in [1.165, 1.54) is 5.69 Å². The fraction of sp³-hybridized carbons (Fsp3) is 0.647. The lowest BCUT2D eigenvalue weighted by atomic mass is 10.2. The molecule has 2 aliphatic heterocycles. The number of hydrogen-bond acceptors (Lipinski definition) is 3. The minimum Gasteiger partial charge on any atom is -0.343 e. The van der Waals surface area contributed by atoms with Crippen LogP contribution < -0.4 is 0 Å². The molecule has 1 aromatic rings. The molecule has 1 saturated heterocycles. The molecule has 0 atom stereocenters. The average Bonchev–Trinajstić information content (AvgIpc) is 3.19.